The molecule has 90 valence electrons. The predicted octanol–water partition coefficient (Wildman–Crippen LogP) is 2.26. The summed E-state index contributed by atoms with van der Waals surface area (Å²) < 4.78 is 0. The van der Waals surface area contributed by atoms with Crippen LogP contribution in [0.4, 0.5) is 0 Å². The van der Waals surface area contributed by atoms with Crippen molar-refractivity contribution in [1.82, 2.24) is 9.88 Å². The fourth-order valence-electron chi connectivity index (χ4n) is 2.44. The highest BCUT2D eigenvalue weighted by atomic mass is 32.1. The Labute approximate surface area is 102 Å². The number of aromatic nitrogens is 1. The minimum Gasteiger partial charge on any atom is -0.328 e. The molecule has 2 heterocycles. The van der Waals surface area contributed by atoms with Gasteiger partial charge in [0, 0.05) is 23.2 Å². The average Bonchev–Trinajstić information content (AvgIpc) is 2.81. The third kappa shape index (κ3) is 2.62. The van der Waals surface area contributed by atoms with Gasteiger partial charge in [0.2, 0.25) is 0 Å². The van der Waals surface area contributed by atoms with Gasteiger partial charge in [0.15, 0.2) is 0 Å². The lowest BCUT2D eigenvalue weighted by Gasteiger charge is -2.36. The molecule has 0 bridgehead atoms. The van der Waals surface area contributed by atoms with Gasteiger partial charge in [-0.15, -0.1) is 11.3 Å². The molecular weight excluding hydrogens is 218 g/mol. The van der Waals surface area contributed by atoms with Gasteiger partial charge in [-0.1, -0.05) is 0 Å². The second kappa shape index (κ2) is 5.25. The summed E-state index contributed by atoms with van der Waals surface area (Å²) >= 11 is 1.75. The van der Waals surface area contributed by atoms with E-state index in [0.29, 0.717) is 18.0 Å². The fraction of sp³-hybridized carbons (Fsp3) is 0.750. The summed E-state index contributed by atoms with van der Waals surface area (Å²) in [7, 11) is 0. The SMILES string of the molecule is CC(N)C1CCN(C(C)c2cncs2)CC1. The van der Waals surface area contributed by atoms with Gasteiger partial charge in [-0.3, -0.25) is 9.88 Å². The predicted molar refractivity (Wildman–Crippen MR) is 68.5 cm³/mol. The lowest BCUT2D eigenvalue weighted by Crippen LogP contribution is -2.40. The van der Waals surface area contributed by atoms with Crippen LogP contribution in [0.15, 0.2) is 11.7 Å². The number of likely N-dealkylation sites (tertiary alicyclic amines) is 1. The van der Waals surface area contributed by atoms with E-state index in [1.54, 1.807) is 11.3 Å². The van der Waals surface area contributed by atoms with Crippen molar-refractivity contribution < 1.29 is 0 Å². The molecule has 1 aliphatic rings. The summed E-state index contributed by atoms with van der Waals surface area (Å²) in [6, 6.07) is 0.863. The first kappa shape index (κ1) is 12.0. The molecule has 16 heavy (non-hydrogen) atoms. The Morgan fingerprint density at radius 1 is 1.44 bits per heavy atom. The topological polar surface area (TPSA) is 42.1 Å². The van der Waals surface area contributed by atoms with E-state index in [1.807, 2.05) is 11.7 Å². The van der Waals surface area contributed by atoms with Crippen molar-refractivity contribution in [1.29, 1.82) is 0 Å². The molecular formula is C12H21N3S. The van der Waals surface area contributed by atoms with Gasteiger partial charge in [-0.25, -0.2) is 0 Å². The molecule has 4 heteroatoms. The van der Waals surface area contributed by atoms with Crippen molar-refractivity contribution >= 4 is 11.3 Å². The lowest BCUT2D eigenvalue weighted by atomic mass is 9.90. The summed E-state index contributed by atoms with van der Waals surface area (Å²) in [6.45, 7) is 6.75. The van der Waals surface area contributed by atoms with Crippen LogP contribution in [0.1, 0.15) is 37.6 Å². The van der Waals surface area contributed by atoms with Crippen molar-refractivity contribution in [2.75, 3.05) is 13.1 Å². The molecule has 1 saturated heterocycles. The van der Waals surface area contributed by atoms with Crippen LogP contribution >= 0.6 is 11.3 Å². The summed E-state index contributed by atoms with van der Waals surface area (Å²) in [5.41, 5.74) is 7.87. The smallest absolute Gasteiger partial charge is 0.0794 e. The molecule has 2 N–H and O–H groups in total. The summed E-state index contributed by atoms with van der Waals surface area (Å²) in [5, 5.41) is 0. The second-order valence-corrected chi connectivity index (χ2v) is 5.73. The zero-order valence-electron chi connectivity index (χ0n) is 10.1. The van der Waals surface area contributed by atoms with Gasteiger partial charge >= 0.3 is 0 Å². The van der Waals surface area contributed by atoms with Crippen LogP contribution in [0, 0.1) is 5.92 Å². The molecule has 0 aliphatic carbocycles. The van der Waals surface area contributed by atoms with Crippen molar-refractivity contribution in [3.05, 3.63) is 16.6 Å². The highest BCUT2D eigenvalue weighted by Crippen LogP contribution is 2.28. The number of piperidine rings is 1. The maximum absolute atomic E-state index is 5.96. The number of thiazole rings is 1. The third-order valence-corrected chi connectivity index (χ3v) is 4.67. The zero-order chi connectivity index (χ0) is 11.5. The van der Waals surface area contributed by atoms with E-state index in [1.165, 1.54) is 30.8 Å². The van der Waals surface area contributed by atoms with Crippen LogP contribution in [0.5, 0.6) is 0 Å². The van der Waals surface area contributed by atoms with Crippen molar-refractivity contribution in [2.45, 2.75) is 38.8 Å². The van der Waals surface area contributed by atoms with Crippen LogP contribution < -0.4 is 5.73 Å². The molecule has 0 aromatic carbocycles. The van der Waals surface area contributed by atoms with Crippen LogP contribution in [0.2, 0.25) is 0 Å². The second-order valence-electron chi connectivity index (χ2n) is 4.81. The molecule has 0 amide bonds. The summed E-state index contributed by atoms with van der Waals surface area (Å²) in [4.78, 5) is 8.08. The van der Waals surface area contributed by atoms with Gasteiger partial charge in [0.05, 0.1) is 5.51 Å². The van der Waals surface area contributed by atoms with Gasteiger partial charge in [0.25, 0.3) is 0 Å². The quantitative estimate of drug-likeness (QED) is 0.880. The highest BCUT2D eigenvalue weighted by molar-refractivity contribution is 7.09. The number of hydrogen-bond acceptors (Lipinski definition) is 4. The van der Waals surface area contributed by atoms with E-state index in [-0.39, 0.29) is 0 Å². The number of rotatable bonds is 3. The van der Waals surface area contributed by atoms with Crippen LogP contribution in [0.3, 0.4) is 0 Å². The molecule has 0 saturated carbocycles. The van der Waals surface area contributed by atoms with E-state index < -0.39 is 0 Å². The van der Waals surface area contributed by atoms with E-state index in [9.17, 15) is 0 Å². The molecule has 2 rings (SSSR count). The van der Waals surface area contributed by atoms with Gasteiger partial charge in [-0.05, 0) is 45.7 Å². The Morgan fingerprint density at radius 3 is 2.62 bits per heavy atom. The molecule has 3 nitrogen and oxygen atoms in total. The standard InChI is InChI=1S/C12H21N3S/c1-9(13)11-3-5-15(6-4-11)10(2)12-7-14-8-16-12/h7-11H,3-6,13H2,1-2H3. The Morgan fingerprint density at radius 2 is 2.12 bits per heavy atom. The Balaban J connectivity index is 1.89. The minimum atomic E-state index is 0.348. The number of nitrogens with zero attached hydrogens (tertiary/aromatic N) is 2. The molecule has 2 unspecified atom stereocenters. The van der Waals surface area contributed by atoms with Gasteiger partial charge < -0.3 is 5.73 Å². The van der Waals surface area contributed by atoms with Gasteiger partial charge in [-0.2, -0.15) is 0 Å². The summed E-state index contributed by atoms with van der Waals surface area (Å²) in [6.07, 6.45) is 4.47. The van der Waals surface area contributed by atoms with E-state index in [0.717, 1.165) is 0 Å². The zero-order valence-corrected chi connectivity index (χ0v) is 10.9. The summed E-state index contributed by atoms with van der Waals surface area (Å²) in [5.74, 6) is 0.713. The van der Waals surface area contributed by atoms with E-state index in [4.69, 9.17) is 5.73 Å². The van der Waals surface area contributed by atoms with E-state index >= 15 is 0 Å². The largest absolute Gasteiger partial charge is 0.328 e. The van der Waals surface area contributed by atoms with Crippen LogP contribution in [0.25, 0.3) is 0 Å². The first-order chi connectivity index (χ1) is 7.68. The first-order valence-corrected chi connectivity index (χ1v) is 6.94. The van der Waals surface area contributed by atoms with Crippen molar-refractivity contribution in [3.63, 3.8) is 0 Å². The van der Waals surface area contributed by atoms with Crippen LogP contribution in [-0.4, -0.2) is 29.0 Å². The monoisotopic (exact) mass is 239 g/mol. The Bertz CT molecular complexity index is 302. The maximum Gasteiger partial charge on any atom is 0.0794 e. The average molecular weight is 239 g/mol. The number of nitrogens with two attached hydrogens (primary N) is 1. The molecule has 1 aliphatic heterocycles. The highest BCUT2D eigenvalue weighted by Gasteiger charge is 2.25. The molecule has 1 aromatic heterocycles. The fourth-order valence-corrected chi connectivity index (χ4v) is 3.16. The molecule has 1 fully saturated rings. The van der Waals surface area contributed by atoms with Gasteiger partial charge in [0.1, 0.15) is 0 Å². The molecule has 0 spiro atoms. The first-order valence-electron chi connectivity index (χ1n) is 6.06. The number of hydrogen-bond donors (Lipinski definition) is 1. The van der Waals surface area contributed by atoms with Crippen molar-refractivity contribution in [2.24, 2.45) is 11.7 Å². The Hall–Kier alpha value is -0.450. The lowest BCUT2D eigenvalue weighted by molar-refractivity contribution is 0.134. The maximum atomic E-state index is 5.96. The van der Waals surface area contributed by atoms with Crippen LogP contribution in [-0.2, 0) is 0 Å². The molecule has 0 radical (unpaired) electrons. The molecule has 2 atom stereocenters. The Kier molecular flexibility index (Phi) is 3.95. The minimum absolute atomic E-state index is 0.348. The normalized spacial score (nSPS) is 23.2. The van der Waals surface area contributed by atoms with E-state index in [2.05, 4.69) is 23.7 Å². The molecule has 1 aromatic rings. The third-order valence-electron chi connectivity index (χ3n) is 3.73. The van der Waals surface area contributed by atoms with Crippen molar-refractivity contribution in [3.8, 4) is 0 Å².